The number of hydrogen-bond donors (Lipinski definition) is 0. The molecular weight excluding hydrogens is 157 g/mol. The van der Waals surface area contributed by atoms with Crippen LogP contribution in [0.3, 0.4) is 0 Å². The zero-order valence-electron chi connectivity index (χ0n) is 8.31. The standard InChI is InChI=1S/C9H16FNO/c1-6(2)8(10)9(12)11(5)7(3)4/h7H,1-5H3. The predicted molar refractivity (Wildman–Crippen MR) is 47.4 cm³/mol. The molecule has 0 N–H and O–H groups in total. The molecule has 1 amide bonds. The number of carbonyl (C=O) groups is 1. The smallest absolute Gasteiger partial charge is 0.282 e. The minimum absolute atomic E-state index is 0.0302. The molecule has 0 aromatic carbocycles. The van der Waals surface area contributed by atoms with Gasteiger partial charge in [0.05, 0.1) is 0 Å². The van der Waals surface area contributed by atoms with Crippen LogP contribution in [0.15, 0.2) is 11.4 Å². The van der Waals surface area contributed by atoms with Crippen LogP contribution in [0.2, 0.25) is 0 Å². The number of hydrogen-bond acceptors (Lipinski definition) is 1. The fraction of sp³-hybridized carbons (Fsp3) is 0.667. The molecule has 0 heterocycles. The molecule has 0 bridgehead atoms. The highest BCUT2D eigenvalue weighted by molar-refractivity contribution is 5.91. The number of halogens is 1. The van der Waals surface area contributed by atoms with Gasteiger partial charge in [0, 0.05) is 13.1 Å². The van der Waals surface area contributed by atoms with Crippen molar-refractivity contribution in [1.82, 2.24) is 4.90 Å². The first-order chi connectivity index (χ1) is 5.37. The highest BCUT2D eigenvalue weighted by Crippen LogP contribution is 2.09. The maximum absolute atomic E-state index is 13.0. The quantitative estimate of drug-likeness (QED) is 0.586. The normalized spacial score (nSPS) is 9.92. The minimum Gasteiger partial charge on any atom is -0.337 e. The summed E-state index contributed by atoms with van der Waals surface area (Å²) in [4.78, 5) is 12.6. The van der Waals surface area contributed by atoms with Gasteiger partial charge in [0.2, 0.25) is 0 Å². The zero-order chi connectivity index (χ0) is 9.89. The van der Waals surface area contributed by atoms with Crippen LogP contribution >= 0.6 is 0 Å². The second-order valence-corrected chi connectivity index (χ2v) is 3.32. The molecule has 0 aliphatic carbocycles. The molecule has 0 saturated heterocycles. The van der Waals surface area contributed by atoms with Gasteiger partial charge < -0.3 is 4.90 Å². The summed E-state index contributed by atoms with van der Waals surface area (Å²) in [6, 6.07) is 0.0302. The molecule has 0 aliphatic heterocycles. The molecule has 0 atom stereocenters. The molecule has 2 nitrogen and oxygen atoms in total. The van der Waals surface area contributed by atoms with E-state index in [1.165, 1.54) is 4.90 Å². The number of rotatable bonds is 2. The third-order valence-electron chi connectivity index (χ3n) is 1.72. The van der Waals surface area contributed by atoms with Gasteiger partial charge in [-0.25, -0.2) is 4.39 Å². The van der Waals surface area contributed by atoms with Crippen LogP contribution in [0, 0.1) is 0 Å². The van der Waals surface area contributed by atoms with Gasteiger partial charge in [-0.05, 0) is 33.3 Å². The van der Waals surface area contributed by atoms with Crippen molar-refractivity contribution in [2.24, 2.45) is 0 Å². The van der Waals surface area contributed by atoms with E-state index in [-0.39, 0.29) is 6.04 Å². The Kier molecular flexibility index (Phi) is 3.93. The van der Waals surface area contributed by atoms with Crippen molar-refractivity contribution in [1.29, 1.82) is 0 Å². The summed E-state index contributed by atoms with van der Waals surface area (Å²) in [5.74, 6) is -1.18. The lowest BCUT2D eigenvalue weighted by molar-refractivity contribution is -0.128. The van der Waals surface area contributed by atoms with Crippen molar-refractivity contribution in [2.45, 2.75) is 33.7 Å². The van der Waals surface area contributed by atoms with Gasteiger partial charge in [0.25, 0.3) is 5.91 Å². The fourth-order valence-corrected chi connectivity index (χ4v) is 0.603. The van der Waals surface area contributed by atoms with Gasteiger partial charge in [-0.1, -0.05) is 0 Å². The number of carbonyl (C=O) groups excluding carboxylic acids is 1. The number of amides is 1. The molecular formula is C9H16FNO. The molecule has 0 aromatic rings. The lowest BCUT2D eigenvalue weighted by Crippen LogP contribution is -2.33. The average Bonchev–Trinajstić information content (AvgIpc) is 2.00. The van der Waals surface area contributed by atoms with E-state index in [1.807, 2.05) is 13.8 Å². The third kappa shape index (κ3) is 2.64. The molecule has 0 rings (SSSR count). The number of nitrogens with zero attached hydrogens (tertiary/aromatic N) is 1. The van der Waals surface area contributed by atoms with Crippen LogP contribution in [0.1, 0.15) is 27.7 Å². The van der Waals surface area contributed by atoms with Gasteiger partial charge in [0.15, 0.2) is 5.83 Å². The van der Waals surface area contributed by atoms with E-state index in [4.69, 9.17) is 0 Å². The molecule has 0 fully saturated rings. The summed E-state index contributed by atoms with van der Waals surface area (Å²) in [7, 11) is 1.59. The van der Waals surface area contributed by atoms with E-state index in [0.717, 1.165) is 0 Å². The van der Waals surface area contributed by atoms with Crippen molar-refractivity contribution in [3.63, 3.8) is 0 Å². The third-order valence-corrected chi connectivity index (χ3v) is 1.72. The Morgan fingerprint density at radius 1 is 1.33 bits per heavy atom. The molecule has 0 aromatic heterocycles. The predicted octanol–water partition coefficient (Wildman–Crippen LogP) is 2.12. The summed E-state index contributed by atoms with van der Waals surface area (Å²) in [6.07, 6.45) is 0. The molecule has 0 spiro atoms. The molecule has 0 radical (unpaired) electrons. The summed E-state index contributed by atoms with van der Waals surface area (Å²) in [6.45, 7) is 6.86. The molecule has 12 heavy (non-hydrogen) atoms. The summed E-state index contributed by atoms with van der Waals surface area (Å²) in [5, 5.41) is 0. The maximum atomic E-state index is 13.0. The lowest BCUT2D eigenvalue weighted by atomic mass is 10.2. The topological polar surface area (TPSA) is 20.3 Å². The lowest BCUT2D eigenvalue weighted by Gasteiger charge is -2.20. The van der Waals surface area contributed by atoms with Crippen LogP contribution in [-0.4, -0.2) is 23.9 Å². The highest BCUT2D eigenvalue weighted by Gasteiger charge is 2.17. The second-order valence-electron chi connectivity index (χ2n) is 3.32. The molecule has 70 valence electrons. The van der Waals surface area contributed by atoms with E-state index in [0.29, 0.717) is 5.57 Å². The minimum atomic E-state index is -0.647. The molecule has 0 aliphatic rings. The molecule has 0 unspecified atom stereocenters. The Balaban J connectivity index is 4.52. The number of likely N-dealkylation sites (N-methyl/N-ethyl adjacent to an activating group) is 1. The van der Waals surface area contributed by atoms with E-state index in [9.17, 15) is 9.18 Å². The van der Waals surface area contributed by atoms with Crippen LogP contribution in [-0.2, 0) is 4.79 Å². The summed E-state index contributed by atoms with van der Waals surface area (Å²) >= 11 is 0. The summed E-state index contributed by atoms with van der Waals surface area (Å²) < 4.78 is 13.0. The van der Waals surface area contributed by atoms with Crippen LogP contribution in [0.5, 0.6) is 0 Å². The van der Waals surface area contributed by atoms with Gasteiger partial charge in [-0.15, -0.1) is 0 Å². The van der Waals surface area contributed by atoms with Crippen molar-refractivity contribution in [3.05, 3.63) is 11.4 Å². The van der Waals surface area contributed by atoms with E-state index in [2.05, 4.69) is 0 Å². The second kappa shape index (κ2) is 4.24. The Bertz CT molecular complexity index is 205. The van der Waals surface area contributed by atoms with Crippen molar-refractivity contribution >= 4 is 5.91 Å². The van der Waals surface area contributed by atoms with Crippen LogP contribution in [0.4, 0.5) is 4.39 Å². The van der Waals surface area contributed by atoms with Gasteiger partial charge in [-0.3, -0.25) is 4.79 Å². The van der Waals surface area contributed by atoms with Gasteiger partial charge >= 0.3 is 0 Å². The number of allylic oxidation sites excluding steroid dienone is 1. The van der Waals surface area contributed by atoms with Gasteiger partial charge in [-0.2, -0.15) is 0 Å². The monoisotopic (exact) mass is 173 g/mol. The zero-order valence-corrected chi connectivity index (χ0v) is 8.31. The largest absolute Gasteiger partial charge is 0.337 e. The Labute approximate surface area is 73.1 Å². The average molecular weight is 173 g/mol. The summed E-state index contributed by atoms with van der Waals surface area (Å²) in [5.41, 5.74) is 0.424. The van der Waals surface area contributed by atoms with Crippen molar-refractivity contribution in [2.75, 3.05) is 7.05 Å². The first-order valence-electron chi connectivity index (χ1n) is 3.98. The Morgan fingerprint density at radius 2 is 1.75 bits per heavy atom. The van der Waals surface area contributed by atoms with Crippen LogP contribution < -0.4 is 0 Å². The van der Waals surface area contributed by atoms with E-state index < -0.39 is 11.7 Å². The maximum Gasteiger partial charge on any atom is 0.282 e. The van der Waals surface area contributed by atoms with E-state index in [1.54, 1.807) is 20.9 Å². The first kappa shape index (κ1) is 11.1. The highest BCUT2D eigenvalue weighted by atomic mass is 19.1. The Hall–Kier alpha value is -0.860. The first-order valence-corrected chi connectivity index (χ1v) is 3.98. The van der Waals surface area contributed by atoms with E-state index >= 15 is 0 Å². The SMILES string of the molecule is CC(C)=C(F)C(=O)N(C)C(C)C. The fourth-order valence-electron chi connectivity index (χ4n) is 0.603. The Morgan fingerprint density at radius 3 is 2.00 bits per heavy atom. The van der Waals surface area contributed by atoms with Crippen molar-refractivity contribution in [3.8, 4) is 0 Å². The van der Waals surface area contributed by atoms with Crippen LogP contribution in [0.25, 0.3) is 0 Å². The molecule has 3 heteroatoms. The van der Waals surface area contributed by atoms with Gasteiger partial charge in [0.1, 0.15) is 0 Å². The van der Waals surface area contributed by atoms with Crippen molar-refractivity contribution < 1.29 is 9.18 Å². The molecule has 0 saturated carbocycles.